The molecule has 3 N–H and O–H groups in total. The quantitative estimate of drug-likeness (QED) is 0.646. The second kappa shape index (κ2) is 6.23. The number of nitrogens with one attached hydrogen (secondary N) is 1. The Morgan fingerprint density at radius 2 is 1.76 bits per heavy atom. The highest BCUT2D eigenvalue weighted by atomic mass is 32.2. The molecule has 8 heteroatoms. The molecule has 1 aromatic carbocycles. The fraction of sp³-hybridized carbons (Fsp3) is 0.538. The lowest BCUT2D eigenvalue weighted by atomic mass is 10.1. The van der Waals surface area contributed by atoms with Crippen LogP contribution in [-0.2, 0) is 10.0 Å². The third-order valence-electron chi connectivity index (χ3n) is 3.16. The Hall–Kier alpha value is -1.28. The van der Waals surface area contributed by atoms with Crippen LogP contribution < -0.4 is 10.5 Å². The maximum atomic E-state index is 12.2. The van der Waals surface area contributed by atoms with Gasteiger partial charge in [-0.2, -0.15) is 13.2 Å². The normalized spacial score (nSPS) is 12.7. The zero-order valence-electron chi connectivity index (χ0n) is 12.1. The molecule has 0 unspecified atom stereocenters. The van der Waals surface area contributed by atoms with E-state index >= 15 is 0 Å². The Morgan fingerprint density at radius 1 is 1.19 bits per heavy atom. The van der Waals surface area contributed by atoms with E-state index in [2.05, 4.69) is 4.72 Å². The monoisotopic (exact) mass is 324 g/mol. The standard InChI is InChI=1S/C13H19F3N2O2S/c1-8-7-9(2)12(10(3)11(8)17)21(19,20)18-6-4-5-13(14,15)16/h7,18H,4-6,17H2,1-3H3. The average Bonchev–Trinajstić information content (AvgIpc) is 2.30. The summed E-state index contributed by atoms with van der Waals surface area (Å²) in [5.74, 6) is 0. The molecule has 4 nitrogen and oxygen atoms in total. The van der Waals surface area contributed by atoms with Crippen molar-refractivity contribution in [2.45, 2.75) is 44.7 Å². The van der Waals surface area contributed by atoms with Crippen LogP contribution in [0.3, 0.4) is 0 Å². The number of rotatable bonds is 5. The summed E-state index contributed by atoms with van der Waals surface area (Å²) in [4.78, 5) is 0.0395. The van der Waals surface area contributed by atoms with Crippen LogP contribution in [0, 0.1) is 20.8 Å². The van der Waals surface area contributed by atoms with Crippen LogP contribution in [0.15, 0.2) is 11.0 Å². The van der Waals surface area contributed by atoms with Crippen molar-refractivity contribution in [2.24, 2.45) is 0 Å². The average molecular weight is 324 g/mol. The number of benzene rings is 1. The summed E-state index contributed by atoms with van der Waals surface area (Å²) in [5, 5.41) is 0. The molecule has 120 valence electrons. The molecule has 0 fully saturated rings. The molecule has 0 spiro atoms. The topological polar surface area (TPSA) is 72.2 Å². The lowest BCUT2D eigenvalue weighted by molar-refractivity contribution is -0.135. The van der Waals surface area contributed by atoms with Crippen LogP contribution in [0.2, 0.25) is 0 Å². The minimum atomic E-state index is -4.29. The smallest absolute Gasteiger partial charge is 0.389 e. The van der Waals surface area contributed by atoms with E-state index < -0.39 is 22.6 Å². The molecule has 0 saturated heterocycles. The van der Waals surface area contributed by atoms with Gasteiger partial charge in [0.1, 0.15) is 0 Å². The van der Waals surface area contributed by atoms with Crippen molar-refractivity contribution >= 4 is 15.7 Å². The zero-order valence-corrected chi connectivity index (χ0v) is 13.0. The van der Waals surface area contributed by atoms with Crippen molar-refractivity contribution in [1.82, 2.24) is 4.72 Å². The van der Waals surface area contributed by atoms with Crippen LogP contribution >= 0.6 is 0 Å². The third-order valence-corrected chi connectivity index (χ3v) is 4.91. The first-order valence-electron chi connectivity index (χ1n) is 6.38. The summed E-state index contributed by atoms with van der Waals surface area (Å²) in [6.45, 7) is 4.71. The van der Waals surface area contributed by atoms with E-state index in [-0.39, 0.29) is 17.9 Å². The van der Waals surface area contributed by atoms with Gasteiger partial charge in [0.05, 0.1) is 4.90 Å². The van der Waals surface area contributed by atoms with Crippen LogP contribution in [0.4, 0.5) is 18.9 Å². The van der Waals surface area contributed by atoms with Gasteiger partial charge in [-0.3, -0.25) is 0 Å². The first-order valence-corrected chi connectivity index (χ1v) is 7.86. The van der Waals surface area contributed by atoms with Crippen molar-refractivity contribution in [3.05, 3.63) is 22.8 Å². The predicted molar refractivity (Wildman–Crippen MR) is 75.5 cm³/mol. The van der Waals surface area contributed by atoms with E-state index in [1.807, 2.05) is 0 Å². The molecule has 0 saturated carbocycles. The molecular weight excluding hydrogens is 305 g/mol. The van der Waals surface area contributed by atoms with Gasteiger partial charge in [-0.15, -0.1) is 0 Å². The van der Waals surface area contributed by atoms with E-state index in [1.54, 1.807) is 26.8 Å². The summed E-state index contributed by atoms with van der Waals surface area (Å²) < 4.78 is 62.7. The van der Waals surface area contributed by atoms with Crippen molar-refractivity contribution in [1.29, 1.82) is 0 Å². The molecule has 21 heavy (non-hydrogen) atoms. The van der Waals surface area contributed by atoms with Crippen LogP contribution in [0.5, 0.6) is 0 Å². The number of nitrogen functional groups attached to an aromatic ring is 1. The van der Waals surface area contributed by atoms with Gasteiger partial charge in [0.15, 0.2) is 0 Å². The summed E-state index contributed by atoms with van der Waals surface area (Å²) in [6.07, 6.45) is -5.61. The molecule has 0 aliphatic heterocycles. The van der Waals surface area contributed by atoms with E-state index in [1.165, 1.54) is 0 Å². The van der Waals surface area contributed by atoms with E-state index in [0.29, 0.717) is 16.8 Å². The summed E-state index contributed by atoms with van der Waals surface area (Å²) in [7, 11) is -3.88. The first kappa shape index (κ1) is 17.8. The van der Waals surface area contributed by atoms with Gasteiger partial charge in [-0.05, 0) is 43.9 Å². The van der Waals surface area contributed by atoms with Crippen molar-refractivity contribution in [2.75, 3.05) is 12.3 Å². The molecule has 1 rings (SSSR count). The number of halogens is 3. The summed E-state index contributed by atoms with van der Waals surface area (Å²) in [6, 6.07) is 1.65. The SMILES string of the molecule is Cc1cc(C)c(S(=O)(=O)NCCCC(F)(F)F)c(C)c1N. The first-order chi connectivity index (χ1) is 9.46. The van der Waals surface area contributed by atoms with Gasteiger partial charge in [0.2, 0.25) is 10.0 Å². The van der Waals surface area contributed by atoms with Gasteiger partial charge < -0.3 is 5.73 Å². The van der Waals surface area contributed by atoms with Gasteiger partial charge in [0.25, 0.3) is 0 Å². The molecule has 0 aliphatic rings. The highest BCUT2D eigenvalue weighted by Gasteiger charge is 2.27. The summed E-state index contributed by atoms with van der Waals surface area (Å²) in [5.41, 5.74) is 7.88. The van der Waals surface area contributed by atoms with E-state index in [4.69, 9.17) is 5.73 Å². The maximum absolute atomic E-state index is 12.2. The fourth-order valence-electron chi connectivity index (χ4n) is 2.16. The van der Waals surface area contributed by atoms with Crippen molar-refractivity contribution in [3.8, 4) is 0 Å². The third kappa shape index (κ3) is 4.60. The van der Waals surface area contributed by atoms with Gasteiger partial charge >= 0.3 is 6.18 Å². The minimum absolute atomic E-state index is 0.0395. The molecule has 0 amide bonds. The molecule has 0 aromatic heterocycles. The summed E-state index contributed by atoms with van der Waals surface area (Å²) >= 11 is 0. The number of hydrogen-bond acceptors (Lipinski definition) is 3. The van der Waals surface area contributed by atoms with Gasteiger partial charge in [-0.25, -0.2) is 13.1 Å². The molecule has 0 atom stereocenters. The van der Waals surface area contributed by atoms with Gasteiger partial charge in [-0.1, -0.05) is 6.07 Å². The lowest BCUT2D eigenvalue weighted by Crippen LogP contribution is -2.27. The fourth-order valence-corrected chi connectivity index (χ4v) is 3.72. The van der Waals surface area contributed by atoms with Crippen molar-refractivity contribution < 1.29 is 21.6 Å². The molecule has 0 bridgehead atoms. The van der Waals surface area contributed by atoms with Crippen LogP contribution in [-0.4, -0.2) is 21.1 Å². The minimum Gasteiger partial charge on any atom is -0.398 e. The molecular formula is C13H19F3N2O2S. The van der Waals surface area contributed by atoms with Crippen molar-refractivity contribution in [3.63, 3.8) is 0 Å². The number of alkyl halides is 3. The Kier molecular flexibility index (Phi) is 5.27. The number of aryl methyl sites for hydroxylation is 2. The Morgan fingerprint density at radius 3 is 2.29 bits per heavy atom. The largest absolute Gasteiger partial charge is 0.398 e. The second-order valence-corrected chi connectivity index (χ2v) is 6.70. The predicted octanol–water partition coefficient (Wildman–Crippen LogP) is 2.81. The number of anilines is 1. The molecule has 0 heterocycles. The Balaban J connectivity index is 2.92. The number of sulfonamides is 1. The maximum Gasteiger partial charge on any atom is 0.389 e. The lowest BCUT2D eigenvalue weighted by Gasteiger charge is -2.15. The van der Waals surface area contributed by atoms with Crippen LogP contribution in [0.1, 0.15) is 29.5 Å². The number of hydrogen-bond donors (Lipinski definition) is 2. The molecule has 0 radical (unpaired) electrons. The van der Waals surface area contributed by atoms with Gasteiger partial charge in [0, 0.05) is 18.7 Å². The number of nitrogens with two attached hydrogens (primary N) is 1. The van der Waals surface area contributed by atoms with E-state index in [0.717, 1.165) is 5.56 Å². The van der Waals surface area contributed by atoms with E-state index in [9.17, 15) is 21.6 Å². The highest BCUT2D eigenvalue weighted by molar-refractivity contribution is 7.89. The zero-order chi connectivity index (χ0) is 16.4. The molecule has 1 aromatic rings. The second-order valence-electron chi connectivity index (χ2n) is 4.99. The van der Waals surface area contributed by atoms with Crippen LogP contribution in [0.25, 0.3) is 0 Å². The molecule has 0 aliphatic carbocycles. The highest BCUT2D eigenvalue weighted by Crippen LogP contribution is 2.28. The Labute approximate surface area is 122 Å². The Bertz CT molecular complexity index is 625.